The summed E-state index contributed by atoms with van der Waals surface area (Å²) in [6, 6.07) is 8.06. The lowest BCUT2D eigenvalue weighted by atomic mass is 10.1. The van der Waals surface area contributed by atoms with Crippen molar-refractivity contribution in [2.75, 3.05) is 6.54 Å². The number of benzene rings is 1. The van der Waals surface area contributed by atoms with Crippen molar-refractivity contribution in [1.29, 1.82) is 0 Å². The number of carbonyl (C=O) groups excluding carboxylic acids is 3. The van der Waals surface area contributed by atoms with Gasteiger partial charge in [-0.15, -0.1) is 0 Å². The molecule has 0 aromatic heterocycles. The molecule has 0 spiro atoms. The van der Waals surface area contributed by atoms with Crippen molar-refractivity contribution in [2.45, 2.75) is 31.9 Å². The second kappa shape index (κ2) is 10.2. The van der Waals surface area contributed by atoms with E-state index in [1.807, 2.05) is 18.2 Å². The highest BCUT2D eigenvalue weighted by molar-refractivity contribution is 5.89. The van der Waals surface area contributed by atoms with Gasteiger partial charge in [0.2, 0.25) is 0 Å². The fourth-order valence-corrected chi connectivity index (χ4v) is 1.82. The number of amides is 2. The lowest BCUT2D eigenvalue weighted by molar-refractivity contribution is -0.139. The van der Waals surface area contributed by atoms with E-state index < -0.39 is 24.2 Å². The summed E-state index contributed by atoms with van der Waals surface area (Å²) in [4.78, 5) is 34.2. The van der Waals surface area contributed by atoms with Crippen LogP contribution in [-0.2, 0) is 20.9 Å². The second-order valence-corrected chi connectivity index (χ2v) is 4.78. The first kappa shape index (κ1) is 18.4. The van der Waals surface area contributed by atoms with Gasteiger partial charge in [0.05, 0.1) is 0 Å². The lowest BCUT2D eigenvalue weighted by Gasteiger charge is -2.16. The van der Waals surface area contributed by atoms with E-state index in [9.17, 15) is 14.4 Å². The van der Waals surface area contributed by atoms with Crippen LogP contribution in [0, 0.1) is 0 Å². The molecule has 0 heterocycles. The zero-order valence-corrected chi connectivity index (χ0v) is 12.7. The van der Waals surface area contributed by atoms with Gasteiger partial charge in [0.1, 0.15) is 12.6 Å². The van der Waals surface area contributed by atoms with Gasteiger partial charge in [-0.25, -0.2) is 14.4 Å². The van der Waals surface area contributed by atoms with Crippen molar-refractivity contribution in [3.8, 4) is 0 Å². The van der Waals surface area contributed by atoms with Gasteiger partial charge in [0.25, 0.3) is 0 Å². The molecular weight excluding hydrogens is 302 g/mol. The summed E-state index contributed by atoms with van der Waals surface area (Å²) >= 11 is 0. The first-order valence-electron chi connectivity index (χ1n) is 7.21. The highest BCUT2D eigenvalue weighted by Crippen LogP contribution is 2.05. The van der Waals surface area contributed by atoms with Crippen molar-refractivity contribution >= 4 is 18.2 Å². The maximum atomic E-state index is 11.8. The van der Waals surface area contributed by atoms with Gasteiger partial charge in [0, 0.05) is 0 Å². The van der Waals surface area contributed by atoms with E-state index in [1.165, 1.54) is 0 Å². The topological polar surface area (TPSA) is 134 Å². The summed E-state index contributed by atoms with van der Waals surface area (Å²) in [5.74, 6) is -0.925. The highest BCUT2D eigenvalue weighted by Gasteiger charge is 2.24. The molecule has 8 nitrogen and oxygen atoms in total. The molecule has 1 rings (SSSR count). The molecule has 0 aliphatic rings. The normalized spacial score (nSPS) is 11.3. The number of ether oxygens (including phenoxy) is 2. The molecule has 1 aromatic carbocycles. The van der Waals surface area contributed by atoms with E-state index in [-0.39, 0.29) is 13.0 Å². The Morgan fingerprint density at radius 3 is 2.43 bits per heavy atom. The van der Waals surface area contributed by atoms with Crippen molar-refractivity contribution in [2.24, 2.45) is 11.5 Å². The van der Waals surface area contributed by atoms with Crippen LogP contribution in [0.25, 0.3) is 0 Å². The van der Waals surface area contributed by atoms with Gasteiger partial charge in [-0.2, -0.15) is 0 Å². The maximum Gasteiger partial charge on any atom is 0.412 e. The molecular formula is C15H21N3O5. The molecule has 1 unspecified atom stereocenters. The smallest absolute Gasteiger partial charge is 0.412 e. The van der Waals surface area contributed by atoms with Crippen molar-refractivity contribution in [3.05, 3.63) is 35.9 Å². The average Bonchev–Trinajstić information content (AvgIpc) is 2.52. The molecule has 0 fully saturated rings. The number of rotatable bonds is 8. The zero-order valence-electron chi connectivity index (χ0n) is 12.7. The Balaban J connectivity index is 2.51. The predicted molar refractivity (Wildman–Crippen MR) is 82.1 cm³/mol. The predicted octanol–water partition coefficient (Wildman–Crippen LogP) is 1.03. The third kappa shape index (κ3) is 7.82. The number of nitrogens with one attached hydrogen (secondary N) is 1. The Bertz CT molecular complexity index is 521. The molecule has 0 aliphatic carbocycles. The number of hydrogen-bond donors (Lipinski definition) is 3. The van der Waals surface area contributed by atoms with Crippen LogP contribution in [0.4, 0.5) is 9.59 Å². The first-order valence-corrected chi connectivity index (χ1v) is 7.21. The number of hydrogen-bond acceptors (Lipinski definition) is 6. The van der Waals surface area contributed by atoms with E-state index in [0.29, 0.717) is 19.4 Å². The van der Waals surface area contributed by atoms with Gasteiger partial charge in [-0.05, 0) is 31.4 Å². The van der Waals surface area contributed by atoms with E-state index in [0.717, 1.165) is 5.56 Å². The molecule has 8 heteroatoms. The largest absolute Gasteiger partial charge is 0.445 e. The van der Waals surface area contributed by atoms with Gasteiger partial charge >= 0.3 is 18.2 Å². The van der Waals surface area contributed by atoms with Crippen LogP contribution in [0.15, 0.2) is 30.3 Å². The van der Waals surface area contributed by atoms with E-state index in [2.05, 4.69) is 10.1 Å². The quantitative estimate of drug-likeness (QED) is 0.372. The van der Waals surface area contributed by atoms with Gasteiger partial charge in [-0.3, -0.25) is 0 Å². The van der Waals surface area contributed by atoms with Crippen LogP contribution in [0.2, 0.25) is 0 Å². The van der Waals surface area contributed by atoms with E-state index >= 15 is 0 Å². The summed E-state index contributed by atoms with van der Waals surface area (Å²) in [7, 11) is 0. The van der Waals surface area contributed by atoms with E-state index in [1.54, 1.807) is 12.1 Å². The van der Waals surface area contributed by atoms with Crippen molar-refractivity contribution < 1.29 is 23.9 Å². The summed E-state index contributed by atoms with van der Waals surface area (Å²) in [5, 5.41) is 2.37. The summed E-state index contributed by atoms with van der Waals surface area (Å²) in [5.41, 5.74) is 11.0. The number of alkyl carbamates (subject to hydrolysis) is 1. The minimum Gasteiger partial charge on any atom is -0.445 e. The van der Waals surface area contributed by atoms with Crippen LogP contribution < -0.4 is 16.8 Å². The van der Waals surface area contributed by atoms with Crippen LogP contribution in [0.3, 0.4) is 0 Å². The van der Waals surface area contributed by atoms with Crippen LogP contribution in [0.1, 0.15) is 24.8 Å². The highest BCUT2D eigenvalue weighted by atomic mass is 16.6. The van der Waals surface area contributed by atoms with Gasteiger partial charge in [-0.1, -0.05) is 30.3 Å². The molecule has 0 saturated carbocycles. The Labute approximate surface area is 134 Å². The third-order valence-corrected chi connectivity index (χ3v) is 2.94. The molecule has 126 valence electrons. The SMILES string of the molecule is NCCCCC(NC(=O)OCc1ccccc1)C(=O)OC(N)=O. The monoisotopic (exact) mass is 323 g/mol. The second-order valence-electron chi connectivity index (χ2n) is 4.78. The average molecular weight is 323 g/mol. The van der Waals surface area contributed by atoms with E-state index in [4.69, 9.17) is 16.2 Å². The summed E-state index contributed by atoms with van der Waals surface area (Å²) in [6.07, 6.45) is -0.495. The molecule has 0 aliphatic heterocycles. The standard InChI is InChI=1S/C15H21N3O5/c16-9-5-4-8-12(13(19)23-14(17)20)18-15(21)22-10-11-6-2-1-3-7-11/h1-3,6-7,12H,4-5,8-10,16H2,(H2,17,20)(H,18,21). The molecule has 5 N–H and O–H groups in total. The molecule has 0 radical (unpaired) electrons. The minimum atomic E-state index is -1.22. The molecule has 23 heavy (non-hydrogen) atoms. The number of unbranched alkanes of at least 4 members (excludes halogenated alkanes) is 1. The van der Waals surface area contributed by atoms with Gasteiger partial charge in [0.15, 0.2) is 0 Å². The molecule has 2 amide bonds. The van der Waals surface area contributed by atoms with Crippen LogP contribution in [-0.4, -0.2) is 30.7 Å². The number of esters is 1. The van der Waals surface area contributed by atoms with Crippen LogP contribution >= 0.6 is 0 Å². The number of nitrogens with two attached hydrogens (primary N) is 2. The van der Waals surface area contributed by atoms with Gasteiger partial charge < -0.3 is 26.3 Å². The zero-order chi connectivity index (χ0) is 17.1. The maximum absolute atomic E-state index is 11.8. The molecule has 1 atom stereocenters. The van der Waals surface area contributed by atoms with Crippen LogP contribution in [0.5, 0.6) is 0 Å². The Morgan fingerprint density at radius 2 is 1.83 bits per heavy atom. The molecule has 0 bridgehead atoms. The molecule has 1 aromatic rings. The lowest BCUT2D eigenvalue weighted by Crippen LogP contribution is -2.43. The Kier molecular flexibility index (Phi) is 8.16. The van der Waals surface area contributed by atoms with Crippen molar-refractivity contribution in [1.82, 2.24) is 5.32 Å². The number of primary amides is 1. The summed E-state index contributed by atoms with van der Waals surface area (Å²) in [6.45, 7) is 0.517. The Hall–Kier alpha value is -2.61. The first-order chi connectivity index (χ1) is 11.0. The Morgan fingerprint density at radius 1 is 1.13 bits per heavy atom. The fourth-order valence-electron chi connectivity index (χ4n) is 1.82. The van der Waals surface area contributed by atoms with Crippen molar-refractivity contribution in [3.63, 3.8) is 0 Å². The third-order valence-electron chi connectivity index (χ3n) is 2.94. The summed E-state index contributed by atoms with van der Waals surface area (Å²) < 4.78 is 9.33. The fraction of sp³-hybridized carbons (Fsp3) is 0.400. The minimum absolute atomic E-state index is 0.0626. The molecule has 0 saturated heterocycles. The number of carbonyl (C=O) groups is 3.